The summed E-state index contributed by atoms with van der Waals surface area (Å²) in [6.07, 6.45) is 2.60. The largest absolute Gasteiger partial charge is 0.497 e. The molecule has 100 valence electrons. The van der Waals surface area contributed by atoms with Gasteiger partial charge in [-0.1, -0.05) is 0 Å². The van der Waals surface area contributed by atoms with Gasteiger partial charge in [-0.25, -0.2) is 0 Å². The van der Waals surface area contributed by atoms with Gasteiger partial charge in [0, 0.05) is 6.07 Å². The lowest BCUT2D eigenvalue weighted by Crippen LogP contribution is -2.26. The van der Waals surface area contributed by atoms with Gasteiger partial charge in [0.2, 0.25) is 0 Å². The van der Waals surface area contributed by atoms with E-state index in [1.807, 2.05) is 18.2 Å². The maximum absolute atomic E-state index is 9.50. The number of methoxy groups -OCH3 is 2. The van der Waals surface area contributed by atoms with Gasteiger partial charge in [-0.15, -0.1) is 0 Å². The van der Waals surface area contributed by atoms with Crippen molar-refractivity contribution in [1.82, 2.24) is 5.32 Å². The molecule has 1 fully saturated rings. The molecular formula is C14H21NO3. The van der Waals surface area contributed by atoms with Crippen LogP contribution in [0.4, 0.5) is 0 Å². The minimum absolute atomic E-state index is 0.0606. The van der Waals surface area contributed by atoms with Gasteiger partial charge in [-0.05, 0) is 43.0 Å². The second-order valence-corrected chi connectivity index (χ2v) is 4.73. The highest BCUT2D eigenvalue weighted by Crippen LogP contribution is 2.30. The van der Waals surface area contributed by atoms with E-state index >= 15 is 0 Å². The molecule has 4 heteroatoms. The van der Waals surface area contributed by atoms with Crippen LogP contribution in [0.25, 0.3) is 0 Å². The van der Waals surface area contributed by atoms with Crippen molar-refractivity contribution in [3.63, 3.8) is 0 Å². The Hall–Kier alpha value is -1.26. The summed E-state index contributed by atoms with van der Waals surface area (Å²) >= 11 is 0. The van der Waals surface area contributed by atoms with Crippen LogP contribution in [-0.2, 0) is 0 Å². The number of aliphatic hydroxyl groups is 1. The average Bonchev–Trinajstić information content (AvgIpc) is 3.23. The fraction of sp³-hybridized carbons (Fsp3) is 0.571. The van der Waals surface area contributed by atoms with Crippen LogP contribution in [0.5, 0.6) is 11.5 Å². The number of benzene rings is 1. The van der Waals surface area contributed by atoms with Crippen LogP contribution >= 0.6 is 0 Å². The van der Waals surface area contributed by atoms with Gasteiger partial charge >= 0.3 is 0 Å². The molecule has 1 unspecified atom stereocenters. The topological polar surface area (TPSA) is 50.7 Å². The second-order valence-electron chi connectivity index (χ2n) is 4.73. The van der Waals surface area contributed by atoms with Crippen molar-refractivity contribution in [3.8, 4) is 11.5 Å². The van der Waals surface area contributed by atoms with Gasteiger partial charge in [0.25, 0.3) is 0 Å². The Bertz CT molecular complexity index is 368. The molecule has 0 aromatic heterocycles. The lowest BCUT2D eigenvalue weighted by Gasteiger charge is -2.18. The van der Waals surface area contributed by atoms with Crippen molar-refractivity contribution in [2.24, 2.45) is 5.92 Å². The second kappa shape index (κ2) is 6.07. The van der Waals surface area contributed by atoms with Crippen molar-refractivity contribution < 1.29 is 14.6 Å². The van der Waals surface area contributed by atoms with E-state index in [-0.39, 0.29) is 12.6 Å². The summed E-state index contributed by atoms with van der Waals surface area (Å²) in [5.41, 5.74) is 0.995. The molecule has 2 N–H and O–H groups in total. The minimum Gasteiger partial charge on any atom is -0.497 e. The van der Waals surface area contributed by atoms with Crippen molar-refractivity contribution in [2.75, 3.05) is 27.4 Å². The Balaban J connectivity index is 2.11. The molecule has 1 aromatic rings. The number of aliphatic hydroxyl groups excluding tert-OH is 1. The van der Waals surface area contributed by atoms with Gasteiger partial charge in [-0.3, -0.25) is 0 Å². The van der Waals surface area contributed by atoms with Crippen LogP contribution in [0.2, 0.25) is 0 Å². The molecule has 4 nitrogen and oxygen atoms in total. The fourth-order valence-corrected chi connectivity index (χ4v) is 1.95. The number of rotatable bonds is 7. The Morgan fingerprint density at radius 2 is 1.83 bits per heavy atom. The predicted molar refractivity (Wildman–Crippen MR) is 70.1 cm³/mol. The molecule has 0 radical (unpaired) electrons. The summed E-state index contributed by atoms with van der Waals surface area (Å²) in [5, 5.41) is 12.9. The summed E-state index contributed by atoms with van der Waals surface area (Å²) in [6.45, 7) is 1.04. The van der Waals surface area contributed by atoms with Gasteiger partial charge in [0.1, 0.15) is 11.5 Å². The maximum atomic E-state index is 9.50. The Morgan fingerprint density at radius 1 is 1.22 bits per heavy atom. The normalized spacial score (nSPS) is 16.4. The summed E-state index contributed by atoms with van der Waals surface area (Å²) < 4.78 is 10.5. The molecule has 1 aromatic carbocycles. The van der Waals surface area contributed by atoms with Crippen LogP contribution in [0.15, 0.2) is 18.2 Å². The molecule has 18 heavy (non-hydrogen) atoms. The van der Waals surface area contributed by atoms with Crippen LogP contribution in [0.1, 0.15) is 24.4 Å². The van der Waals surface area contributed by atoms with Crippen LogP contribution in [0, 0.1) is 5.92 Å². The predicted octanol–water partition coefficient (Wildman–Crippen LogP) is 1.74. The Kier molecular flexibility index (Phi) is 4.44. The molecule has 0 spiro atoms. The SMILES string of the molecule is COc1cc(OC)cc(C(CO)NCC2CC2)c1. The summed E-state index contributed by atoms with van der Waals surface area (Å²) in [5.74, 6) is 2.28. The zero-order chi connectivity index (χ0) is 13.0. The molecule has 0 bridgehead atoms. The van der Waals surface area contributed by atoms with Gasteiger partial charge in [0.05, 0.1) is 26.9 Å². The molecule has 0 amide bonds. The molecule has 0 heterocycles. The average molecular weight is 251 g/mol. The summed E-state index contributed by atoms with van der Waals surface area (Å²) in [6, 6.07) is 5.64. The molecule has 1 atom stereocenters. The van der Waals surface area contributed by atoms with E-state index in [1.54, 1.807) is 14.2 Å². The third kappa shape index (κ3) is 3.37. The molecule has 1 saturated carbocycles. The number of ether oxygens (including phenoxy) is 2. The highest BCUT2D eigenvalue weighted by molar-refractivity contribution is 5.39. The maximum Gasteiger partial charge on any atom is 0.122 e. The molecule has 1 aliphatic rings. The zero-order valence-electron chi connectivity index (χ0n) is 11.0. The summed E-state index contributed by atoms with van der Waals surface area (Å²) in [7, 11) is 3.26. The number of hydrogen-bond acceptors (Lipinski definition) is 4. The first-order valence-electron chi connectivity index (χ1n) is 6.34. The molecule has 0 aliphatic heterocycles. The molecular weight excluding hydrogens is 230 g/mol. The van der Waals surface area contributed by atoms with E-state index in [2.05, 4.69) is 5.32 Å². The van der Waals surface area contributed by atoms with E-state index in [1.165, 1.54) is 12.8 Å². The van der Waals surface area contributed by atoms with Crippen LogP contribution < -0.4 is 14.8 Å². The van der Waals surface area contributed by atoms with Crippen LogP contribution in [0.3, 0.4) is 0 Å². The highest BCUT2D eigenvalue weighted by atomic mass is 16.5. The molecule has 2 rings (SSSR count). The first kappa shape index (κ1) is 13.2. The Morgan fingerprint density at radius 3 is 2.28 bits per heavy atom. The smallest absolute Gasteiger partial charge is 0.122 e. The van der Waals surface area contributed by atoms with E-state index in [4.69, 9.17) is 9.47 Å². The van der Waals surface area contributed by atoms with E-state index in [0.29, 0.717) is 0 Å². The quantitative estimate of drug-likeness (QED) is 0.775. The van der Waals surface area contributed by atoms with Crippen molar-refractivity contribution in [1.29, 1.82) is 0 Å². The molecule has 1 aliphatic carbocycles. The van der Waals surface area contributed by atoms with Gasteiger partial charge < -0.3 is 19.9 Å². The summed E-state index contributed by atoms with van der Waals surface area (Å²) in [4.78, 5) is 0. The third-order valence-corrected chi connectivity index (χ3v) is 3.31. The van der Waals surface area contributed by atoms with E-state index in [0.717, 1.165) is 29.5 Å². The number of hydrogen-bond donors (Lipinski definition) is 2. The first-order valence-corrected chi connectivity index (χ1v) is 6.34. The fourth-order valence-electron chi connectivity index (χ4n) is 1.95. The monoisotopic (exact) mass is 251 g/mol. The van der Waals surface area contributed by atoms with E-state index in [9.17, 15) is 5.11 Å². The number of nitrogens with one attached hydrogen (secondary N) is 1. The Labute approximate surface area is 108 Å². The van der Waals surface area contributed by atoms with Crippen molar-refractivity contribution in [3.05, 3.63) is 23.8 Å². The lowest BCUT2D eigenvalue weighted by atomic mass is 10.1. The van der Waals surface area contributed by atoms with E-state index < -0.39 is 0 Å². The zero-order valence-corrected chi connectivity index (χ0v) is 11.0. The standard InChI is InChI=1S/C14H21NO3/c1-17-12-5-11(6-13(7-12)18-2)14(9-16)15-8-10-3-4-10/h5-7,10,14-16H,3-4,8-9H2,1-2H3. The minimum atomic E-state index is -0.0606. The molecule has 0 saturated heterocycles. The van der Waals surface area contributed by atoms with Gasteiger partial charge in [0.15, 0.2) is 0 Å². The lowest BCUT2D eigenvalue weighted by molar-refractivity contribution is 0.243. The van der Waals surface area contributed by atoms with Crippen molar-refractivity contribution >= 4 is 0 Å². The first-order chi connectivity index (χ1) is 8.76. The van der Waals surface area contributed by atoms with Crippen LogP contribution in [-0.4, -0.2) is 32.5 Å². The van der Waals surface area contributed by atoms with Gasteiger partial charge in [-0.2, -0.15) is 0 Å². The third-order valence-electron chi connectivity index (χ3n) is 3.31. The highest BCUT2D eigenvalue weighted by Gasteiger charge is 2.22. The van der Waals surface area contributed by atoms with Crippen molar-refractivity contribution in [2.45, 2.75) is 18.9 Å².